The quantitative estimate of drug-likeness (QED) is 0.392. The van der Waals surface area contributed by atoms with E-state index in [1.807, 2.05) is 27.7 Å². The minimum atomic E-state index is -4.18. The van der Waals surface area contributed by atoms with Crippen LogP contribution >= 0.6 is 0 Å². The standard InChI is InChI=1S/C17H32F3N5O2/c1-6-21-14(22-8-7-9-24(5)12-17(18,19)20)23-13-10-25(11-13)15(26)27-16(2,3)4/h13H,6-12H2,1-5H3,(H2,21,22,23). The molecule has 0 atom stereocenters. The van der Waals surface area contributed by atoms with Crippen molar-refractivity contribution in [1.82, 2.24) is 20.4 Å². The van der Waals surface area contributed by atoms with E-state index in [0.717, 1.165) is 0 Å². The second-order valence-corrected chi connectivity index (χ2v) is 7.69. The molecule has 0 unspecified atom stereocenters. The fourth-order valence-corrected chi connectivity index (χ4v) is 2.48. The topological polar surface area (TPSA) is 69.2 Å². The number of aliphatic imine (C=N–C) groups is 1. The highest BCUT2D eigenvalue weighted by Gasteiger charge is 2.34. The fraction of sp³-hybridized carbons (Fsp3) is 0.882. The van der Waals surface area contributed by atoms with Crippen LogP contribution in [0.2, 0.25) is 0 Å². The molecule has 0 radical (unpaired) electrons. The number of hydrogen-bond donors (Lipinski definition) is 2. The first-order valence-electron chi connectivity index (χ1n) is 9.17. The van der Waals surface area contributed by atoms with Crippen molar-refractivity contribution in [3.8, 4) is 0 Å². The summed E-state index contributed by atoms with van der Waals surface area (Å²) in [7, 11) is 1.44. The van der Waals surface area contributed by atoms with Crippen molar-refractivity contribution in [2.75, 3.05) is 46.3 Å². The lowest BCUT2D eigenvalue weighted by Crippen LogP contribution is -2.63. The van der Waals surface area contributed by atoms with Gasteiger partial charge < -0.3 is 20.3 Å². The van der Waals surface area contributed by atoms with Crippen LogP contribution in [-0.2, 0) is 4.74 Å². The van der Waals surface area contributed by atoms with E-state index in [2.05, 4.69) is 15.6 Å². The van der Waals surface area contributed by atoms with Gasteiger partial charge in [0.1, 0.15) is 5.60 Å². The number of amides is 1. The van der Waals surface area contributed by atoms with Gasteiger partial charge in [0, 0.05) is 26.2 Å². The van der Waals surface area contributed by atoms with Crippen molar-refractivity contribution in [1.29, 1.82) is 0 Å². The molecular weight excluding hydrogens is 363 g/mol. The summed E-state index contributed by atoms with van der Waals surface area (Å²) < 4.78 is 42.2. The summed E-state index contributed by atoms with van der Waals surface area (Å²) in [5.74, 6) is 0.602. The van der Waals surface area contributed by atoms with Gasteiger partial charge in [-0.25, -0.2) is 4.79 Å². The molecule has 2 N–H and O–H groups in total. The van der Waals surface area contributed by atoms with Crippen molar-refractivity contribution in [3.05, 3.63) is 0 Å². The number of rotatable bonds is 7. The number of likely N-dealkylation sites (tertiary alicyclic amines) is 1. The Balaban J connectivity index is 2.34. The van der Waals surface area contributed by atoms with Gasteiger partial charge in [-0.3, -0.25) is 9.89 Å². The number of alkyl halides is 3. The molecule has 27 heavy (non-hydrogen) atoms. The molecular formula is C17H32F3N5O2. The van der Waals surface area contributed by atoms with E-state index < -0.39 is 18.3 Å². The molecule has 1 aliphatic rings. The monoisotopic (exact) mass is 395 g/mol. The first-order chi connectivity index (χ1) is 12.4. The van der Waals surface area contributed by atoms with Crippen molar-refractivity contribution < 1.29 is 22.7 Å². The number of nitrogens with zero attached hydrogens (tertiary/aromatic N) is 3. The maximum absolute atomic E-state index is 12.3. The van der Waals surface area contributed by atoms with Gasteiger partial charge in [-0.05, 0) is 47.7 Å². The molecule has 7 nitrogen and oxygen atoms in total. The molecule has 0 saturated carbocycles. The molecule has 0 aliphatic carbocycles. The maximum atomic E-state index is 12.3. The Bertz CT molecular complexity index is 500. The smallest absolute Gasteiger partial charge is 0.410 e. The molecule has 0 bridgehead atoms. The van der Waals surface area contributed by atoms with Gasteiger partial charge >= 0.3 is 12.3 Å². The van der Waals surface area contributed by atoms with Gasteiger partial charge in [0.05, 0.1) is 12.6 Å². The molecule has 0 spiro atoms. The zero-order valence-electron chi connectivity index (χ0n) is 16.8. The summed E-state index contributed by atoms with van der Waals surface area (Å²) in [5.41, 5.74) is -0.523. The molecule has 1 heterocycles. The Labute approximate surface area is 159 Å². The highest BCUT2D eigenvalue weighted by atomic mass is 19.4. The van der Waals surface area contributed by atoms with Crippen molar-refractivity contribution in [2.45, 2.75) is 51.9 Å². The fourth-order valence-electron chi connectivity index (χ4n) is 2.48. The number of guanidine groups is 1. The van der Waals surface area contributed by atoms with Crippen molar-refractivity contribution in [3.63, 3.8) is 0 Å². The third kappa shape index (κ3) is 10.3. The largest absolute Gasteiger partial charge is 0.444 e. The van der Waals surface area contributed by atoms with Crippen LogP contribution < -0.4 is 10.6 Å². The molecule has 0 aromatic rings. The average Bonchev–Trinajstić information content (AvgIpc) is 2.42. The number of nitrogens with one attached hydrogen (secondary N) is 2. The summed E-state index contributed by atoms with van der Waals surface area (Å²) in [6, 6.07) is 0.0724. The number of carbonyl (C=O) groups is 1. The Hall–Kier alpha value is -1.71. The third-order valence-electron chi connectivity index (χ3n) is 3.64. The lowest BCUT2D eigenvalue weighted by molar-refractivity contribution is -0.143. The van der Waals surface area contributed by atoms with Gasteiger partial charge in [0.25, 0.3) is 0 Å². The number of hydrogen-bond acceptors (Lipinski definition) is 4. The lowest BCUT2D eigenvalue weighted by atomic mass is 10.1. The molecule has 158 valence electrons. The van der Waals surface area contributed by atoms with Crippen LogP contribution in [0.5, 0.6) is 0 Å². The number of halogens is 3. The predicted octanol–water partition coefficient (Wildman–Crippen LogP) is 2.04. The minimum Gasteiger partial charge on any atom is -0.444 e. The maximum Gasteiger partial charge on any atom is 0.410 e. The van der Waals surface area contributed by atoms with Crippen LogP contribution in [0.25, 0.3) is 0 Å². The summed E-state index contributed by atoms with van der Waals surface area (Å²) >= 11 is 0. The van der Waals surface area contributed by atoms with Crippen molar-refractivity contribution >= 4 is 12.1 Å². The van der Waals surface area contributed by atoms with Crippen LogP contribution in [0, 0.1) is 0 Å². The zero-order valence-corrected chi connectivity index (χ0v) is 16.8. The van der Waals surface area contributed by atoms with E-state index in [4.69, 9.17) is 4.74 Å². The van der Waals surface area contributed by atoms with E-state index in [0.29, 0.717) is 45.1 Å². The summed E-state index contributed by atoms with van der Waals surface area (Å²) in [5, 5.41) is 6.33. The molecule has 1 fully saturated rings. The molecule has 10 heteroatoms. The van der Waals surface area contributed by atoms with Gasteiger partial charge in [-0.2, -0.15) is 13.2 Å². The molecule has 1 saturated heterocycles. The van der Waals surface area contributed by atoms with Crippen LogP contribution in [0.15, 0.2) is 4.99 Å². The number of carbonyl (C=O) groups excluding carboxylic acids is 1. The van der Waals surface area contributed by atoms with Crippen LogP contribution in [0.1, 0.15) is 34.1 Å². The first kappa shape index (κ1) is 23.3. The van der Waals surface area contributed by atoms with E-state index in [9.17, 15) is 18.0 Å². The molecule has 1 rings (SSSR count). The highest BCUT2D eigenvalue weighted by molar-refractivity contribution is 5.80. The highest BCUT2D eigenvalue weighted by Crippen LogP contribution is 2.16. The number of ether oxygens (including phenoxy) is 1. The molecule has 0 aromatic carbocycles. The van der Waals surface area contributed by atoms with Gasteiger partial charge in [0.15, 0.2) is 5.96 Å². The Morgan fingerprint density at radius 2 is 1.93 bits per heavy atom. The van der Waals surface area contributed by atoms with E-state index >= 15 is 0 Å². The normalized spacial score (nSPS) is 16.3. The summed E-state index contributed by atoms with van der Waals surface area (Å²) in [6.07, 6.45) is -3.99. The minimum absolute atomic E-state index is 0.0724. The molecule has 1 aliphatic heterocycles. The van der Waals surface area contributed by atoms with Crippen molar-refractivity contribution in [2.24, 2.45) is 4.99 Å². The zero-order chi connectivity index (χ0) is 20.7. The third-order valence-corrected chi connectivity index (χ3v) is 3.64. The molecule has 1 amide bonds. The SMILES string of the molecule is CCNC(=NCCCN(C)CC(F)(F)F)NC1CN(C(=O)OC(C)(C)C)C1. The molecule has 0 aromatic heterocycles. The van der Waals surface area contributed by atoms with Gasteiger partial charge in [-0.1, -0.05) is 0 Å². The van der Waals surface area contributed by atoms with Crippen LogP contribution in [-0.4, -0.2) is 86.0 Å². The Morgan fingerprint density at radius 3 is 2.44 bits per heavy atom. The van der Waals surface area contributed by atoms with E-state index in [1.165, 1.54) is 11.9 Å². The lowest BCUT2D eigenvalue weighted by Gasteiger charge is -2.40. The van der Waals surface area contributed by atoms with E-state index in [1.54, 1.807) is 4.90 Å². The van der Waals surface area contributed by atoms with Gasteiger partial charge in [-0.15, -0.1) is 0 Å². The second-order valence-electron chi connectivity index (χ2n) is 7.69. The second kappa shape index (κ2) is 10.0. The summed E-state index contributed by atoms with van der Waals surface area (Å²) in [6.45, 7) is 8.93. The van der Waals surface area contributed by atoms with E-state index in [-0.39, 0.29) is 12.1 Å². The van der Waals surface area contributed by atoms with Gasteiger partial charge in [0.2, 0.25) is 0 Å². The average molecular weight is 395 g/mol. The first-order valence-corrected chi connectivity index (χ1v) is 9.17. The Kier molecular flexibility index (Phi) is 8.64. The Morgan fingerprint density at radius 1 is 1.30 bits per heavy atom. The van der Waals surface area contributed by atoms with Crippen LogP contribution in [0.4, 0.5) is 18.0 Å². The predicted molar refractivity (Wildman–Crippen MR) is 98.9 cm³/mol. The van der Waals surface area contributed by atoms with Crippen LogP contribution in [0.3, 0.4) is 0 Å². The summed E-state index contributed by atoms with van der Waals surface area (Å²) in [4.78, 5) is 19.1.